The maximum atomic E-state index is 5.80. The van der Waals surface area contributed by atoms with Crippen LogP contribution in [0.25, 0.3) is 5.65 Å². The lowest BCUT2D eigenvalue weighted by Crippen LogP contribution is -2.15. The molecular weight excluding hydrogens is 240 g/mol. The topological polar surface area (TPSA) is 51.5 Å². The third-order valence-electron chi connectivity index (χ3n) is 3.60. The number of hydrogen-bond acceptors (Lipinski definition) is 4. The Balaban J connectivity index is 1.52. The number of hydrogen-bond donors (Lipinski definition) is 1. The molecule has 5 nitrogen and oxygen atoms in total. The van der Waals surface area contributed by atoms with Crippen molar-refractivity contribution in [3.05, 3.63) is 23.9 Å². The van der Waals surface area contributed by atoms with Crippen LogP contribution in [0.5, 0.6) is 0 Å². The van der Waals surface area contributed by atoms with Crippen molar-refractivity contribution < 1.29 is 4.74 Å². The second kappa shape index (κ2) is 5.57. The van der Waals surface area contributed by atoms with Crippen molar-refractivity contribution in [2.45, 2.75) is 38.7 Å². The molecule has 5 heteroatoms. The van der Waals surface area contributed by atoms with Gasteiger partial charge in [0.05, 0.1) is 12.7 Å². The van der Waals surface area contributed by atoms with Crippen molar-refractivity contribution in [1.82, 2.24) is 14.6 Å². The summed E-state index contributed by atoms with van der Waals surface area (Å²) < 4.78 is 7.60. The number of aryl methyl sites for hydroxylation is 1. The second-order valence-corrected chi connectivity index (χ2v) is 5.10. The predicted molar refractivity (Wildman–Crippen MR) is 74.4 cm³/mol. The molecule has 0 unspecified atom stereocenters. The van der Waals surface area contributed by atoms with E-state index in [0.717, 1.165) is 24.4 Å². The molecule has 3 rings (SSSR count). The highest BCUT2D eigenvalue weighted by Crippen LogP contribution is 2.20. The van der Waals surface area contributed by atoms with Crippen LogP contribution >= 0.6 is 0 Å². The molecule has 2 heterocycles. The Bertz CT molecular complexity index is 545. The molecule has 102 valence electrons. The molecule has 1 saturated carbocycles. The monoisotopic (exact) mass is 260 g/mol. The number of pyridine rings is 1. The molecule has 0 bridgehead atoms. The van der Waals surface area contributed by atoms with E-state index in [0.29, 0.717) is 12.1 Å². The summed E-state index contributed by atoms with van der Waals surface area (Å²) in [6, 6.07) is 4.01. The van der Waals surface area contributed by atoms with E-state index in [2.05, 4.69) is 15.4 Å². The van der Waals surface area contributed by atoms with Gasteiger partial charge in [-0.2, -0.15) is 4.98 Å². The van der Waals surface area contributed by atoms with E-state index >= 15 is 0 Å². The zero-order chi connectivity index (χ0) is 13.1. The summed E-state index contributed by atoms with van der Waals surface area (Å²) in [5, 5.41) is 7.60. The highest BCUT2D eigenvalue weighted by atomic mass is 16.5. The molecule has 2 aromatic heterocycles. The Labute approximate surface area is 113 Å². The van der Waals surface area contributed by atoms with Crippen LogP contribution in [-0.2, 0) is 4.74 Å². The standard InChI is InChI=1S/C14H20N4O/c1-11-5-4-9-18-13(11)16-14(17-18)15-8-10-19-12-6-2-3-7-12/h4-5,9,12H,2-3,6-8,10H2,1H3,(H,15,17). The van der Waals surface area contributed by atoms with Crippen molar-refractivity contribution in [1.29, 1.82) is 0 Å². The quantitative estimate of drug-likeness (QED) is 0.839. The van der Waals surface area contributed by atoms with E-state index in [9.17, 15) is 0 Å². The second-order valence-electron chi connectivity index (χ2n) is 5.10. The summed E-state index contributed by atoms with van der Waals surface area (Å²) in [7, 11) is 0. The van der Waals surface area contributed by atoms with Crippen LogP contribution in [-0.4, -0.2) is 33.9 Å². The minimum absolute atomic E-state index is 0.470. The van der Waals surface area contributed by atoms with Crippen molar-refractivity contribution in [3.8, 4) is 0 Å². The van der Waals surface area contributed by atoms with E-state index in [1.165, 1.54) is 25.7 Å². The van der Waals surface area contributed by atoms with Crippen LogP contribution in [0.4, 0.5) is 5.95 Å². The lowest BCUT2D eigenvalue weighted by atomic mass is 10.3. The summed E-state index contributed by atoms with van der Waals surface area (Å²) in [6.07, 6.45) is 7.43. The van der Waals surface area contributed by atoms with E-state index < -0.39 is 0 Å². The van der Waals surface area contributed by atoms with Crippen LogP contribution in [0.2, 0.25) is 0 Å². The first-order valence-corrected chi connectivity index (χ1v) is 7.00. The Morgan fingerprint density at radius 1 is 1.42 bits per heavy atom. The van der Waals surface area contributed by atoms with E-state index in [1.54, 1.807) is 4.52 Å². The third kappa shape index (κ3) is 2.87. The minimum Gasteiger partial charge on any atom is -0.376 e. The summed E-state index contributed by atoms with van der Waals surface area (Å²) in [5.41, 5.74) is 2.03. The molecule has 0 aromatic carbocycles. The Kier molecular flexibility index (Phi) is 3.64. The molecule has 1 N–H and O–H groups in total. The van der Waals surface area contributed by atoms with Crippen LogP contribution in [0.1, 0.15) is 31.2 Å². The summed E-state index contributed by atoms with van der Waals surface area (Å²) >= 11 is 0. The average molecular weight is 260 g/mol. The van der Waals surface area contributed by atoms with Crippen molar-refractivity contribution in [2.24, 2.45) is 0 Å². The highest BCUT2D eigenvalue weighted by molar-refractivity contribution is 5.49. The van der Waals surface area contributed by atoms with Gasteiger partial charge in [0.25, 0.3) is 0 Å². The predicted octanol–water partition coefficient (Wildman–Crippen LogP) is 2.41. The zero-order valence-corrected chi connectivity index (χ0v) is 11.3. The van der Waals surface area contributed by atoms with Crippen LogP contribution in [0, 0.1) is 6.92 Å². The first kappa shape index (κ1) is 12.4. The van der Waals surface area contributed by atoms with Crippen molar-refractivity contribution in [3.63, 3.8) is 0 Å². The van der Waals surface area contributed by atoms with Gasteiger partial charge in [0.2, 0.25) is 5.95 Å². The van der Waals surface area contributed by atoms with Crippen LogP contribution < -0.4 is 5.32 Å². The maximum Gasteiger partial charge on any atom is 0.243 e. The van der Waals surface area contributed by atoms with Gasteiger partial charge in [-0.1, -0.05) is 18.9 Å². The largest absolute Gasteiger partial charge is 0.376 e. The molecule has 2 aromatic rings. The molecular formula is C14H20N4O. The Hall–Kier alpha value is -1.62. The molecule has 1 fully saturated rings. The van der Waals surface area contributed by atoms with E-state index in [-0.39, 0.29) is 0 Å². The molecule has 0 amide bonds. The fraction of sp³-hybridized carbons (Fsp3) is 0.571. The molecule has 0 spiro atoms. The summed E-state index contributed by atoms with van der Waals surface area (Å²) in [6.45, 7) is 3.52. The number of nitrogens with zero attached hydrogens (tertiary/aromatic N) is 3. The third-order valence-corrected chi connectivity index (χ3v) is 3.60. The normalized spacial score (nSPS) is 16.3. The van der Waals surface area contributed by atoms with Gasteiger partial charge in [-0.25, -0.2) is 4.52 Å². The van der Waals surface area contributed by atoms with Gasteiger partial charge in [0.1, 0.15) is 0 Å². The molecule has 0 saturated heterocycles. The number of aromatic nitrogens is 3. The van der Waals surface area contributed by atoms with Gasteiger partial charge in [-0.15, -0.1) is 5.10 Å². The molecule has 1 aliphatic rings. The zero-order valence-electron chi connectivity index (χ0n) is 11.3. The first-order chi connectivity index (χ1) is 9.33. The summed E-state index contributed by atoms with van der Waals surface area (Å²) in [5.74, 6) is 0.671. The van der Waals surface area contributed by atoms with Gasteiger partial charge in [0.15, 0.2) is 5.65 Å². The summed E-state index contributed by atoms with van der Waals surface area (Å²) in [4.78, 5) is 4.47. The average Bonchev–Trinajstić information content (AvgIpc) is 3.04. The van der Waals surface area contributed by atoms with E-state index in [1.807, 2.05) is 25.3 Å². The lowest BCUT2D eigenvalue weighted by molar-refractivity contribution is 0.0658. The fourth-order valence-corrected chi connectivity index (χ4v) is 2.56. The molecule has 0 radical (unpaired) electrons. The maximum absolute atomic E-state index is 5.80. The minimum atomic E-state index is 0.470. The smallest absolute Gasteiger partial charge is 0.243 e. The number of nitrogens with one attached hydrogen (secondary N) is 1. The number of fused-ring (bicyclic) bond motifs is 1. The van der Waals surface area contributed by atoms with Crippen molar-refractivity contribution >= 4 is 11.6 Å². The fourth-order valence-electron chi connectivity index (χ4n) is 2.56. The number of anilines is 1. The lowest BCUT2D eigenvalue weighted by Gasteiger charge is -2.10. The van der Waals surface area contributed by atoms with Gasteiger partial charge in [-0.3, -0.25) is 0 Å². The van der Waals surface area contributed by atoms with E-state index in [4.69, 9.17) is 4.74 Å². The van der Waals surface area contributed by atoms with Gasteiger partial charge in [-0.05, 0) is 31.4 Å². The highest BCUT2D eigenvalue weighted by Gasteiger charge is 2.14. The Morgan fingerprint density at radius 2 is 2.26 bits per heavy atom. The van der Waals surface area contributed by atoms with Crippen LogP contribution in [0.15, 0.2) is 18.3 Å². The number of ether oxygens (including phenoxy) is 1. The van der Waals surface area contributed by atoms with Gasteiger partial charge >= 0.3 is 0 Å². The first-order valence-electron chi connectivity index (χ1n) is 7.00. The molecule has 0 aliphatic heterocycles. The molecule has 19 heavy (non-hydrogen) atoms. The molecule has 1 aliphatic carbocycles. The Morgan fingerprint density at radius 3 is 3.05 bits per heavy atom. The van der Waals surface area contributed by atoms with Gasteiger partial charge < -0.3 is 10.1 Å². The van der Waals surface area contributed by atoms with Crippen molar-refractivity contribution in [2.75, 3.05) is 18.5 Å². The SMILES string of the molecule is Cc1cccn2nc(NCCOC3CCCC3)nc12. The molecule has 0 atom stereocenters. The number of rotatable bonds is 5. The van der Waals surface area contributed by atoms with Crippen LogP contribution in [0.3, 0.4) is 0 Å². The van der Waals surface area contributed by atoms with Gasteiger partial charge in [0, 0.05) is 12.7 Å².